The quantitative estimate of drug-likeness (QED) is 0.0204. The Morgan fingerprint density at radius 1 is 0.412 bits per heavy atom. The summed E-state index contributed by atoms with van der Waals surface area (Å²) in [6, 6.07) is -0.933. The first kappa shape index (κ1) is 79.3. The molecule has 0 aromatic rings. The Labute approximate surface area is 519 Å². The van der Waals surface area contributed by atoms with Crippen LogP contribution in [-0.2, 0) is 23.7 Å². The van der Waals surface area contributed by atoms with Crippen LogP contribution in [0.15, 0.2) is 36.5 Å². The normalized spacial score (nSPS) is 23.7. The van der Waals surface area contributed by atoms with Crippen LogP contribution in [0.5, 0.6) is 0 Å². The van der Waals surface area contributed by atoms with E-state index in [9.17, 15) is 45.6 Å². The fourth-order valence-corrected chi connectivity index (χ4v) is 11.8. The number of allylic oxidation sites excluding steroid dienone is 5. The SMILES string of the molecule is CCCCCCCC/C=C\CCCCCCCCCCCC(=O)NC(COC1OC(CO)C(OC2OC(CO)C(O)C(O)C2O)C(O)C1O)C(O)/C=C/CC/C=C/CCCCCCCCCCCCCCCCCCCCCCCCCCCC. The van der Waals surface area contributed by atoms with Crippen LogP contribution in [0.3, 0.4) is 0 Å². The maximum Gasteiger partial charge on any atom is 0.220 e. The summed E-state index contributed by atoms with van der Waals surface area (Å²) in [5.74, 6) is -0.248. The Morgan fingerprint density at radius 2 is 0.753 bits per heavy atom. The van der Waals surface area contributed by atoms with Gasteiger partial charge in [0.1, 0.15) is 48.8 Å². The van der Waals surface area contributed by atoms with E-state index in [1.807, 2.05) is 6.08 Å². The molecular formula is C71H133NO13. The van der Waals surface area contributed by atoms with E-state index in [-0.39, 0.29) is 18.9 Å². The maximum absolute atomic E-state index is 13.3. The molecule has 85 heavy (non-hydrogen) atoms. The van der Waals surface area contributed by atoms with E-state index < -0.39 is 86.8 Å². The average molecular weight is 1210 g/mol. The summed E-state index contributed by atoms with van der Waals surface area (Å²) >= 11 is 0. The highest BCUT2D eigenvalue weighted by atomic mass is 16.7. The van der Waals surface area contributed by atoms with E-state index in [0.29, 0.717) is 12.8 Å². The van der Waals surface area contributed by atoms with Crippen LogP contribution in [0.4, 0.5) is 0 Å². The third-order valence-corrected chi connectivity index (χ3v) is 17.5. The summed E-state index contributed by atoms with van der Waals surface area (Å²) in [7, 11) is 0. The lowest BCUT2D eigenvalue weighted by molar-refractivity contribution is -0.359. The second kappa shape index (κ2) is 56.2. The van der Waals surface area contributed by atoms with Gasteiger partial charge in [0.2, 0.25) is 5.91 Å². The first-order chi connectivity index (χ1) is 41.6. The molecule has 0 spiro atoms. The molecule has 12 atom stereocenters. The van der Waals surface area contributed by atoms with E-state index in [0.717, 1.165) is 32.1 Å². The zero-order valence-corrected chi connectivity index (χ0v) is 54.4. The predicted molar refractivity (Wildman–Crippen MR) is 346 cm³/mol. The zero-order chi connectivity index (χ0) is 61.6. The average Bonchev–Trinajstić information content (AvgIpc) is 3.69. The summed E-state index contributed by atoms with van der Waals surface area (Å²) in [5.41, 5.74) is 0. The number of carbonyl (C=O) groups is 1. The monoisotopic (exact) mass is 1210 g/mol. The summed E-state index contributed by atoms with van der Waals surface area (Å²) in [5, 5.41) is 87.4. The van der Waals surface area contributed by atoms with Crippen molar-refractivity contribution in [1.82, 2.24) is 5.32 Å². The van der Waals surface area contributed by atoms with Gasteiger partial charge in [0, 0.05) is 6.42 Å². The van der Waals surface area contributed by atoms with Gasteiger partial charge in [0.25, 0.3) is 0 Å². The summed E-state index contributed by atoms with van der Waals surface area (Å²) in [4.78, 5) is 13.3. The molecule has 2 aliphatic heterocycles. The first-order valence-electron chi connectivity index (χ1n) is 35.7. The second-order valence-electron chi connectivity index (χ2n) is 25.4. The van der Waals surface area contributed by atoms with E-state index >= 15 is 0 Å². The van der Waals surface area contributed by atoms with Crippen LogP contribution < -0.4 is 5.32 Å². The maximum atomic E-state index is 13.3. The van der Waals surface area contributed by atoms with Crippen molar-refractivity contribution in [1.29, 1.82) is 0 Å². The smallest absolute Gasteiger partial charge is 0.220 e. The highest BCUT2D eigenvalue weighted by molar-refractivity contribution is 5.76. The fourth-order valence-electron chi connectivity index (χ4n) is 11.8. The Hall–Kier alpha value is -1.79. The molecule has 12 unspecified atom stereocenters. The number of aliphatic hydroxyl groups excluding tert-OH is 8. The largest absolute Gasteiger partial charge is 0.394 e. The predicted octanol–water partition coefficient (Wildman–Crippen LogP) is 14.5. The number of hydrogen-bond donors (Lipinski definition) is 9. The number of rotatable bonds is 59. The van der Waals surface area contributed by atoms with Crippen LogP contribution in [0, 0.1) is 0 Å². The molecule has 2 heterocycles. The second-order valence-corrected chi connectivity index (χ2v) is 25.4. The van der Waals surface area contributed by atoms with Crippen LogP contribution in [0.1, 0.15) is 316 Å². The van der Waals surface area contributed by atoms with Gasteiger partial charge in [-0.3, -0.25) is 4.79 Å². The minimum atomic E-state index is -1.79. The molecule has 1 amide bonds. The van der Waals surface area contributed by atoms with E-state index in [1.165, 1.54) is 250 Å². The summed E-state index contributed by atoms with van der Waals surface area (Å²) < 4.78 is 22.8. The van der Waals surface area contributed by atoms with Gasteiger partial charge in [-0.2, -0.15) is 0 Å². The van der Waals surface area contributed by atoms with E-state index in [4.69, 9.17) is 18.9 Å². The van der Waals surface area contributed by atoms with Crippen molar-refractivity contribution in [3.8, 4) is 0 Å². The lowest BCUT2D eigenvalue weighted by Crippen LogP contribution is -2.65. The van der Waals surface area contributed by atoms with Gasteiger partial charge in [0.15, 0.2) is 12.6 Å². The molecule has 0 saturated carbocycles. The van der Waals surface area contributed by atoms with Gasteiger partial charge < -0.3 is 65.1 Å². The molecule has 14 heteroatoms. The van der Waals surface area contributed by atoms with Crippen LogP contribution in [0.2, 0.25) is 0 Å². The highest BCUT2D eigenvalue weighted by Gasteiger charge is 2.51. The van der Waals surface area contributed by atoms with Crippen LogP contribution >= 0.6 is 0 Å². The molecule has 2 saturated heterocycles. The van der Waals surface area contributed by atoms with Gasteiger partial charge in [-0.15, -0.1) is 0 Å². The Balaban J connectivity index is 1.67. The minimum absolute atomic E-state index is 0.248. The molecule has 0 bridgehead atoms. The molecule has 14 nitrogen and oxygen atoms in total. The van der Waals surface area contributed by atoms with Crippen molar-refractivity contribution < 1.29 is 64.6 Å². The molecule has 2 rings (SSSR count). The molecule has 500 valence electrons. The van der Waals surface area contributed by atoms with Crippen molar-refractivity contribution in [2.24, 2.45) is 0 Å². The van der Waals surface area contributed by atoms with Crippen LogP contribution in [0.25, 0.3) is 0 Å². The van der Waals surface area contributed by atoms with Crippen molar-refractivity contribution in [3.05, 3.63) is 36.5 Å². The first-order valence-corrected chi connectivity index (χ1v) is 35.7. The highest BCUT2D eigenvalue weighted by Crippen LogP contribution is 2.30. The number of carbonyl (C=O) groups excluding carboxylic acids is 1. The molecule has 2 aliphatic rings. The number of hydrogen-bond acceptors (Lipinski definition) is 13. The third kappa shape index (κ3) is 40.5. The lowest BCUT2D eigenvalue weighted by Gasteiger charge is -2.46. The molecule has 2 fully saturated rings. The number of aliphatic hydroxyl groups is 8. The number of ether oxygens (including phenoxy) is 4. The van der Waals surface area contributed by atoms with Crippen molar-refractivity contribution >= 4 is 5.91 Å². The van der Waals surface area contributed by atoms with E-state index in [1.54, 1.807) is 6.08 Å². The fraction of sp³-hybridized carbons (Fsp3) is 0.901. The molecule has 0 aromatic heterocycles. The van der Waals surface area contributed by atoms with Gasteiger partial charge in [-0.25, -0.2) is 0 Å². The number of nitrogens with one attached hydrogen (secondary N) is 1. The van der Waals surface area contributed by atoms with Crippen LogP contribution in [-0.4, -0.2) is 140 Å². The number of amides is 1. The van der Waals surface area contributed by atoms with Crippen molar-refractivity contribution in [2.45, 2.75) is 389 Å². The van der Waals surface area contributed by atoms with Gasteiger partial charge >= 0.3 is 0 Å². The standard InChI is InChI=1S/C71H133NO13/c1-3-5-7-9-11-13-15-17-19-21-23-24-25-26-27-28-29-30-31-32-33-34-35-37-38-40-42-44-46-48-50-52-54-60(75)59(72-63(76)55-53-51-49-47-45-43-41-39-36-22-20-18-16-14-12-10-8-6-4-2)58-82-70-68(81)66(79)69(62(57-74)84-70)85-71-67(80)65(78)64(77)61(56-73)83-71/h18,20,44,46,52,54,59-62,64-71,73-75,77-81H,3-17,19,21-43,45,47-51,53,55-58H2,1-2H3,(H,72,76)/b20-18-,46-44+,54-52+. The summed E-state index contributed by atoms with van der Waals surface area (Å²) in [6.45, 7) is 2.82. The molecule has 9 N–H and O–H groups in total. The van der Waals surface area contributed by atoms with Gasteiger partial charge in [-0.1, -0.05) is 288 Å². The topological polar surface area (TPSA) is 228 Å². The van der Waals surface area contributed by atoms with Crippen molar-refractivity contribution in [2.75, 3.05) is 19.8 Å². The van der Waals surface area contributed by atoms with Gasteiger partial charge in [-0.05, 0) is 57.8 Å². The Bertz CT molecular complexity index is 1560. The molecule has 0 aliphatic carbocycles. The summed E-state index contributed by atoms with van der Waals surface area (Å²) in [6.07, 6.45) is 55.0. The molecule has 0 radical (unpaired) electrons. The number of unbranched alkanes of at least 4 members (excludes halogenated alkanes) is 42. The molecular weight excluding hydrogens is 1070 g/mol. The Kier molecular flexibility index (Phi) is 52.4. The molecule has 0 aromatic carbocycles. The van der Waals surface area contributed by atoms with Crippen molar-refractivity contribution in [3.63, 3.8) is 0 Å². The lowest BCUT2D eigenvalue weighted by atomic mass is 9.97. The zero-order valence-electron chi connectivity index (χ0n) is 54.4. The third-order valence-electron chi connectivity index (χ3n) is 17.5. The van der Waals surface area contributed by atoms with E-state index in [2.05, 4.69) is 43.5 Å². The van der Waals surface area contributed by atoms with Gasteiger partial charge in [0.05, 0.1) is 32.0 Å². The minimum Gasteiger partial charge on any atom is -0.394 e. The Morgan fingerprint density at radius 3 is 1.15 bits per heavy atom.